The van der Waals surface area contributed by atoms with E-state index in [1.165, 1.54) is 11.8 Å². The Balaban J connectivity index is 2.15. The third-order valence-corrected chi connectivity index (χ3v) is 5.22. The second kappa shape index (κ2) is 10.4. The van der Waals surface area contributed by atoms with Gasteiger partial charge in [0, 0.05) is 10.1 Å². The minimum atomic E-state index is -0.862. The van der Waals surface area contributed by atoms with Crippen LogP contribution >= 0.6 is 11.8 Å². The lowest BCUT2D eigenvalue weighted by molar-refractivity contribution is -0.148. The summed E-state index contributed by atoms with van der Waals surface area (Å²) in [4.78, 5) is 13.2. The van der Waals surface area contributed by atoms with E-state index < -0.39 is 12.2 Å². The molecule has 1 heterocycles. The average molecular weight is 362 g/mol. The largest absolute Gasteiger partial charge is 0.463 e. The van der Waals surface area contributed by atoms with Crippen molar-refractivity contribution in [3.63, 3.8) is 0 Å². The quantitative estimate of drug-likeness (QED) is 0.623. The van der Waals surface area contributed by atoms with Gasteiger partial charge >= 0.3 is 5.97 Å². The summed E-state index contributed by atoms with van der Waals surface area (Å²) in [5.41, 5.74) is 0. The van der Waals surface area contributed by atoms with E-state index in [0.29, 0.717) is 0 Å². The van der Waals surface area contributed by atoms with Gasteiger partial charge in [-0.25, -0.2) is 0 Å². The molecule has 4 nitrogen and oxygen atoms in total. The van der Waals surface area contributed by atoms with Gasteiger partial charge in [-0.15, -0.1) is 11.8 Å². The van der Waals surface area contributed by atoms with Crippen LogP contribution in [0.25, 0.3) is 0 Å². The molecule has 0 bridgehead atoms. The number of cyclic esters (lactones) is 1. The van der Waals surface area contributed by atoms with Gasteiger partial charge in [0.2, 0.25) is 0 Å². The van der Waals surface area contributed by atoms with Crippen molar-refractivity contribution < 1.29 is 19.7 Å². The molecular weight excluding hydrogens is 336 g/mol. The Morgan fingerprint density at radius 3 is 2.64 bits per heavy atom. The Labute approximate surface area is 153 Å². The van der Waals surface area contributed by atoms with E-state index in [0.717, 1.165) is 24.2 Å². The molecule has 0 radical (unpaired) electrons. The molecule has 1 aromatic carbocycles. The Morgan fingerprint density at radius 1 is 1.12 bits per heavy atom. The number of ether oxygens (including phenoxy) is 1. The first-order valence-corrected chi connectivity index (χ1v) is 9.55. The predicted molar refractivity (Wildman–Crippen MR) is 100 cm³/mol. The maximum atomic E-state index is 12.2. The molecule has 4 atom stereocenters. The number of hydrogen-bond acceptors (Lipinski definition) is 5. The van der Waals surface area contributed by atoms with E-state index in [1.54, 1.807) is 18.2 Å². The molecule has 1 aliphatic rings. The minimum Gasteiger partial charge on any atom is -0.463 e. The molecule has 136 valence electrons. The zero-order valence-corrected chi connectivity index (χ0v) is 15.3. The van der Waals surface area contributed by atoms with Gasteiger partial charge in [-0.3, -0.25) is 4.79 Å². The van der Waals surface area contributed by atoms with E-state index in [-0.39, 0.29) is 23.7 Å². The maximum Gasteiger partial charge on any atom is 0.307 e. The van der Waals surface area contributed by atoms with Gasteiger partial charge < -0.3 is 14.9 Å². The molecule has 0 fully saturated rings. The first-order chi connectivity index (χ1) is 12.0. The van der Waals surface area contributed by atoms with Crippen molar-refractivity contribution in [2.75, 3.05) is 0 Å². The molecule has 0 aliphatic carbocycles. The molecule has 1 aliphatic heterocycles. The third-order valence-electron chi connectivity index (χ3n) is 3.93. The molecular formula is C20H26O4S. The third kappa shape index (κ3) is 7.46. The van der Waals surface area contributed by atoms with Crippen molar-refractivity contribution in [1.82, 2.24) is 0 Å². The number of esters is 1. The van der Waals surface area contributed by atoms with Gasteiger partial charge in [0.05, 0.1) is 24.7 Å². The number of allylic oxidation sites excluding steroid dienone is 1. The number of carbonyl (C=O) groups excluding carboxylic acids is 1. The summed E-state index contributed by atoms with van der Waals surface area (Å²) in [6, 6.07) is 9.65. The summed E-state index contributed by atoms with van der Waals surface area (Å²) in [5, 5.41) is 20.0. The number of hydrogen-bond donors (Lipinski definition) is 2. The molecule has 0 aromatic heterocycles. The molecule has 0 saturated heterocycles. The number of aliphatic hydroxyl groups is 2. The fraction of sp³-hybridized carbons (Fsp3) is 0.450. The van der Waals surface area contributed by atoms with Gasteiger partial charge in [-0.1, -0.05) is 42.5 Å². The van der Waals surface area contributed by atoms with Crippen molar-refractivity contribution in [3.8, 4) is 0 Å². The lowest BCUT2D eigenvalue weighted by Gasteiger charge is -2.21. The SMILES string of the molecule is C[C@@H]1CCC/C=C/[C@H](O)/C=C/[C@H](O)[C@H](Sc2ccccc2)CC(=O)O1. The molecule has 2 rings (SSSR count). The van der Waals surface area contributed by atoms with E-state index in [2.05, 4.69) is 0 Å². The lowest BCUT2D eigenvalue weighted by Crippen LogP contribution is -2.27. The van der Waals surface area contributed by atoms with E-state index in [4.69, 9.17) is 4.74 Å². The summed E-state index contributed by atoms with van der Waals surface area (Å²) in [5.74, 6) is -0.304. The normalized spacial score (nSPS) is 31.6. The molecule has 1 aromatic rings. The van der Waals surface area contributed by atoms with Gasteiger partial charge in [-0.05, 0) is 38.3 Å². The van der Waals surface area contributed by atoms with Gasteiger partial charge in [-0.2, -0.15) is 0 Å². The van der Waals surface area contributed by atoms with Crippen LogP contribution in [0.2, 0.25) is 0 Å². The number of thioether (sulfide) groups is 1. The second-order valence-corrected chi connectivity index (χ2v) is 7.51. The van der Waals surface area contributed by atoms with Crippen LogP contribution in [-0.4, -0.2) is 39.7 Å². The van der Waals surface area contributed by atoms with Crippen LogP contribution in [0.3, 0.4) is 0 Å². The van der Waals surface area contributed by atoms with Gasteiger partial charge in [0.15, 0.2) is 0 Å². The minimum absolute atomic E-state index is 0.112. The topological polar surface area (TPSA) is 66.8 Å². The zero-order chi connectivity index (χ0) is 18.1. The van der Waals surface area contributed by atoms with E-state index in [1.807, 2.05) is 43.3 Å². The van der Waals surface area contributed by atoms with Gasteiger partial charge in [0.25, 0.3) is 0 Å². The summed E-state index contributed by atoms with van der Waals surface area (Å²) >= 11 is 1.44. The van der Waals surface area contributed by atoms with Gasteiger partial charge in [0.1, 0.15) is 0 Å². The van der Waals surface area contributed by atoms with Crippen LogP contribution in [0.4, 0.5) is 0 Å². The smallest absolute Gasteiger partial charge is 0.307 e. The Bertz CT molecular complexity index is 585. The van der Waals surface area contributed by atoms with Crippen LogP contribution in [0, 0.1) is 0 Å². The summed E-state index contributed by atoms with van der Waals surface area (Å²) in [7, 11) is 0. The monoisotopic (exact) mass is 362 g/mol. The van der Waals surface area contributed by atoms with Crippen molar-refractivity contribution in [2.45, 2.75) is 61.1 Å². The number of carbonyl (C=O) groups is 1. The van der Waals surface area contributed by atoms with Crippen LogP contribution in [0.15, 0.2) is 59.5 Å². The lowest BCUT2D eigenvalue weighted by atomic mass is 10.1. The first kappa shape index (κ1) is 19.8. The standard InChI is InChI=1S/C20H26O4S/c1-15-8-4-2-5-9-16(21)12-13-18(22)19(14-20(23)24-15)25-17-10-6-3-7-11-17/h3,5-7,9-13,15-16,18-19,21-22H,2,4,8,14H2,1H3/b9-5+,13-12+/t15-,16+,18+,19-/m1/s1. The Morgan fingerprint density at radius 2 is 1.88 bits per heavy atom. The predicted octanol–water partition coefficient (Wildman–Crippen LogP) is 3.49. The number of aliphatic hydroxyl groups excluding tert-OH is 2. The highest BCUT2D eigenvalue weighted by atomic mass is 32.2. The van der Waals surface area contributed by atoms with Crippen LogP contribution in [0.5, 0.6) is 0 Å². The molecule has 0 amide bonds. The molecule has 2 N–H and O–H groups in total. The first-order valence-electron chi connectivity index (χ1n) is 8.67. The molecule has 25 heavy (non-hydrogen) atoms. The number of rotatable bonds is 2. The molecule has 0 spiro atoms. The fourth-order valence-corrected chi connectivity index (χ4v) is 3.69. The van der Waals surface area contributed by atoms with Crippen molar-refractivity contribution in [3.05, 3.63) is 54.6 Å². The highest BCUT2D eigenvalue weighted by Gasteiger charge is 2.24. The maximum absolute atomic E-state index is 12.2. The van der Waals surface area contributed by atoms with Crippen molar-refractivity contribution >= 4 is 17.7 Å². The summed E-state index contributed by atoms with van der Waals surface area (Å²) < 4.78 is 5.47. The van der Waals surface area contributed by atoms with Crippen LogP contribution in [0.1, 0.15) is 32.6 Å². The van der Waals surface area contributed by atoms with Crippen LogP contribution in [-0.2, 0) is 9.53 Å². The van der Waals surface area contributed by atoms with E-state index >= 15 is 0 Å². The fourth-order valence-electron chi connectivity index (χ4n) is 2.58. The Hall–Kier alpha value is -1.56. The number of benzene rings is 1. The zero-order valence-electron chi connectivity index (χ0n) is 14.5. The highest BCUT2D eigenvalue weighted by molar-refractivity contribution is 8.00. The van der Waals surface area contributed by atoms with Crippen LogP contribution < -0.4 is 0 Å². The van der Waals surface area contributed by atoms with E-state index in [9.17, 15) is 15.0 Å². The highest BCUT2D eigenvalue weighted by Crippen LogP contribution is 2.29. The Kier molecular flexibility index (Phi) is 8.25. The van der Waals surface area contributed by atoms with Crippen molar-refractivity contribution in [1.29, 1.82) is 0 Å². The average Bonchev–Trinajstić information content (AvgIpc) is 2.59. The molecule has 5 heteroatoms. The molecule has 0 unspecified atom stereocenters. The van der Waals surface area contributed by atoms with Crippen molar-refractivity contribution in [2.24, 2.45) is 0 Å². The summed E-state index contributed by atoms with van der Waals surface area (Å²) in [6.07, 6.45) is 7.60. The second-order valence-electron chi connectivity index (χ2n) is 6.20. The summed E-state index contributed by atoms with van der Waals surface area (Å²) in [6.45, 7) is 1.89. The molecule has 0 saturated carbocycles.